The molecule has 0 fully saturated rings. The molecule has 0 saturated heterocycles. The number of carbonyl (C=O) groups is 2. The van der Waals surface area contributed by atoms with E-state index in [1.54, 1.807) is 30.3 Å². The number of nitrogens with zero attached hydrogens (tertiary/aromatic N) is 3. The van der Waals surface area contributed by atoms with E-state index < -0.39 is 0 Å². The fourth-order valence-electron chi connectivity index (χ4n) is 2.34. The SMILES string of the molecule is C=CCNC(=O)CCNC(=O)c1ccccc1/N=N/c1ccc(N(C)C)cc1. The van der Waals surface area contributed by atoms with Crippen LogP contribution in [0.15, 0.2) is 71.4 Å². The molecule has 0 bridgehead atoms. The molecule has 28 heavy (non-hydrogen) atoms. The zero-order valence-corrected chi connectivity index (χ0v) is 16.2. The Morgan fingerprint density at radius 2 is 1.75 bits per heavy atom. The van der Waals surface area contributed by atoms with E-state index in [2.05, 4.69) is 27.4 Å². The van der Waals surface area contributed by atoms with E-state index in [9.17, 15) is 9.59 Å². The van der Waals surface area contributed by atoms with Gasteiger partial charge in [-0.2, -0.15) is 5.11 Å². The number of benzene rings is 2. The summed E-state index contributed by atoms with van der Waals surface area (Å²) in [6, 6.07) is 14.6. The number of nitrogens with one attached hydrogen (secondary N) is 2. The van der Waals surface area contributed by atoms with Crippen LogP contribution in [0, 0.1) is 0 Å². The number of anilines is 1. The summed E-state index contributed by atoms with van der Waals surface area (Å²) in [6.45, 7) is 4.18. The lowest BCUT2D eigenvalue weighted by Gasteiger charge is -2.11. The van der Waals surface area contributed by atoms with Crippen molar-refractivity contribution < 1.29 is 9.59 Å². The van der Waals surface area contributed by atoms with Gasteiger partial charge in [0.1, 0.15) is 0 Å². The van der Waals surface area contributed by atoms with E-state index in [0.29, 0.717) is 23.5 Å². The lowest BCUT2D eigenvalue weighted by molar-refractivity contribution is -0.120. The largest absolute Gasteiger partial charge is 0.378 e. The maximum atomic E-state index is 12.4. The molecule has 0 aromatic heterocycles. The lowest BCUT2D eigenvalue weighted by Crippen LogP contribution is -2.30. The van der Waals surface area contributed by atoms with Crippen molar-refractivity contribution in [3.63, 3.8) is 0 Å². The smallest absolute Gasteiger partial charge is 0.253 e. The maximum Gasteiger partial charge on any atom is 0.253 e. The van der Waals surface area contributed by atoms with Crippen molar-refractivity contribution >= 4 is 28.9 Å². The van der Waals surface area contributed by atoms with Crippen LogP contribution >= 0.6 is 0 Å². The van der Waals surface area contributed by atoms with Crippen molar-refractivity contribution in [3.05, 3.63) is 66.7 Å². The Kier molecular flexibility index (Phi) is 7.90. The molecule has 0 atom stereocenters. The molecule has 2 aromatic carbocycles. The normalized spacial score (nSPS) is 10.5. The third kappa shape index (κ3) is 6.35. The number of hydrogen-bond donors (Lipinski definition) is 2. The first-order valence-electron chi connectivity index (χ1n) is 8.95. The maximum absolute atomic E-state index is 12.4. The van der Waals surface area contributed by atoms with Crippen LogP contribution in [0.4, 0.5) is 17.1 Å². The summed E-state index contributed by atoms with van der Waals surface area (Å²) in [5.74, 6) is -0.441. The van der Waals surface area contributed by atoms with Gasteiger partial charge in [0.25, 0.3) is 5.91 Å². The molecule has 7 heteroatoms. The molecule has 0 unspecified atom stereocenters. The second-order valence-corrected chi connectivity index (χ2v) is 6.23. The highest BCUT2D eigenvalue weighted by molar-refractivity contribution is 5.99. The minimum absolute atomic E-state index is 0.144. The van der Waals surface area contributed by atoms with Gasteiger partial charge in [-0.3, -0.25) is 9.59 Å². The van der Waals surface area contributed by atoms with E-state index in [1.165, 1.54) is 0 Å². The lowest BCUT2D eigenvalue weighted by atomic mass is 10.1. The molecule has 2 N–H and O–H groups in total. The molecule has 2 aromatic rings. The standard InChI is InChI=1S/C21H25N5O2/c1-4-14-22-20(27)13-15-23-21(28)18-7-5-6-8-19(18)25-24-16-9-11-17(12-10-16)26(2)3/h4-12H,1,13-15H2,2-3H3,(H,22,27)(H,23,28)/b25-24+. The average Bonchev–Trinajstić information content (AvgIpc) is 2.71. The summed E-state index contributed by atoms with van der Waals surface area (Å²) in [5, 5.41) is 13.8. The molecular weight excluding hydrogens is 354 g/mol. The van der Waals surface area contributed by atoms with Crippen LogP contribution in [0.25, 0.3) is 0 Å². The van der Waals surface area contributed by atoms with Crippen LogP contribution in [0.5, 0.6) is 0 Å². The topological polar surface area (TPSA) is 86.2 Å². The minimum atomic E-state index is -0.297. The van der Waals surface area contributed by atoms with Crippen molar-refractivity contribution in [1.29, 1.82) is 0 Å². The van der Waals surface area contributed by atoms with Gasteiger partial charge in [-0.15, -0.1) is 11.7 Å². The Morgan fingerprint density at radius 1 is 1.04 bits per heavy atom. The van der Waals surface area contributed by atoms with Crippen LogP contribution < -0.4 is 15.5 Å². The van der Waals surface area contributed by atoms with Crippen molar-refractivity contribution in [2.24, 2.45) is 10.2 Å². The second-order valence-electron chi connectivity index (χ2n) is 6.23. The zero-order valence-electron chi connectivity index (χ0n) is 16.2. The van der Waals surface area contributed by atoms with E-state index in [1.807, 2.05) is 43.3 Å². The zero-order chi connectivity index (χ0) is 20.4. The molecule has 7 nitrogen and oxygen atoms in total. The van der Waals surface area contributed by atoms with Gasteiger partial charge in [0.05, 0.1) is 16.9 Å². The van der Waals surface area contributed by atoms with E-state index in [0.717, 1.165) is 5.69 Å². The summed E-state index contributed by atoms with van der Waals surface area (Å²) in [6.07, 6.45) is 1.80. The Labute approximate surface area is 165 Å². The van der Waals surface area contributed by atoms with Gasteiger partial charge in [0.15, 0.2) is 0 Å². The van der Waals surface area contributed by atoms with Crippen molar-refractivity contribution in [2.45, 2.75) is 6.42 Å². The van der Waals surface area contributed by atoms with Crippen molar-refractivity contribution in [2.75, 3.05) is 32.1 Å². The predicted octanol–water partition coefficient (Wildman–Crippen LogP) is 3.59. The van der Waals surface area contributed by atoms with E-state index >= 15 is 0 Å². The minimum Gasteiger partial charge on any atom is -0.378 e. The summed E-state index contributed by atoms with van der Waals surface area (Å²) in [7, 11) is 3.93. The fourth-order valence-corrected chi connectivity index (χ4v) is 2.34. The van der Waals surface area contributed by atoms with Gasteiger partial charge in [0, 0.05) is 39.3 Å². The molecule has 2 amide bonds. The van der Waals surface area contributed by atoms with Crippen LogP contribution in [0.3, 0.4) is 0 Å². The quantitative estimate of drug-likeness (QED) is 0.516. The number of azo groups is 1. The molecule has 146 valence electrons. The van der Waals surface area contributed by atoms with Crippen molar-refractivity contribution in [1.82, 2.24) is 10.6 Å². The second kappa shape index (κ2) is 10.6. The highest BCUT2D eigenvalue weighted by Crippen LogP contribution is 2.23. The number of rotatable bonds is 9. The van der Waals surface area contributed by atoms with Crippen molar-refractivity contribution in [3.8, 4) is 0 Å². The Bertz CT molecular complexity index is 844. The molecule has 0 saturated carbocycles. The molecular formula is C21H25N5O2. The highest BCUT2D eigenvalue weighted by Gasteiger charge is 2.11. The van der Waals surface area contributed by atoms with Crippen LogP contribution in [-0.2, 0) is 4.79 Å². The Morgan fingerprint density at radius 3 is 2.43 bits per heavy atom. The van der Waals surface area contributed by atoms with E-state index in [-0.39, 0.29) is 24.8 Å². The first-order chi connectivity index (χ1) is 13.5. The van der Waals surface area contributed by atoms with E-state index in [4.69, 9.17) is 0 Å². The third-order valence-electron chi connectivity index (χ3n) is 3.87. The van der Waals surface area contributed by atoms with Gasteiger partial charge >= 0.3 is 0 Å². The van der Waals surface area contributed by atoms with Gasteiger partial charge in [-0.1, -0.05) is 18.2 Å². The number of carbonyl (C=O) groups excluding carboxylic acids is 2. The molecule has 0 heterocycles. The third-order valence-corrected chi connectivity index (χ3v) is 3.87. The molecule has 2 rings (SSSR count). The highest BCUT2D eigenvalue weighted by atomic mass is 16.2. The first-order valence-corrected chi connectivity index (χ1v) is 8.95. The molecule has 0 spiro atoms. The van der Waals surface area contributed by atoms with Gasteiger partial charge in [0.2, 0.25) is 5.91 Å². The predicted molar refractivity (Wildman–Crippen MR) is 112 cm³/mol. The first kappa shape index (κ1) is 20.8. The molecule has 0 aliphatic heterocycles. The monoisotopic (exact) mass is 379 g/mol. The van der Waals surface area contributed by atoms with Gasteiger partial charge in [-0.05, 0) is 36.4 Å². The number of hydrogen-bond acceptors (Lipinski definition) is 5. The Hall–Kier alpha value is -3.48. The summed E-state index contributed by atoms with van der Waals surface area (Å²) < 4.78 is 0. The average molecular weight is 379 g/mol. The van der Waals surface area contributed by atoms with Gasteiger partial charge < -0.3 is 15.5 Å². The molecule has 0 radical (unpaired) electrons. The Balaban J connectivity index is 2.00. The van der Waals surface area contributed by atoms with Crippen LogP contribution in [-0.4, -0.2) is 39.0 Å². The number of amides is 2. The molecule has 0 aliphatic rings. The van der Waals surface area contributed by atoms with Crippen LogP contribution in [0.2, 0.25) is 0 Å². The summed E-state index contributed by atoms with van der Waals surface area (Å²) in [5.41, 5.74) is 2.63. The summed E-state index contributed by atoms with van der Waals surface area (Å²) >= 11 is 0. The van der Waals surface area contributed by atoms with Gasteiger partial charge in [-0.25, -0.2) is 0 Å². The van der Waals surface area contributed by atoms with Crippen LogP contribution in [0.1, 0.15) is 16.8 Å². The molecule has 0 aliphatic carbocycles. The summed E-state index contributed by atoms with van der Waals surface area (Å²) in [4.78, 5) is 26.0. The fraction of sp³-hybridized carbons (Fsp3) is 0.238.